The smallest absolute Gasteiger partial charge is 0.264 e. The van der Waals surface area contributed by atoms with Gasteiger partial charge in [0.1, 0.15) is 6.54 Å². The predicted molar refractivity (Wildman–Crippen MR) is 115 cm³/mol. The fourth-order valence-corrected chi connectivity index (χ4v) is 6.32. The lowest BCUT2D eigenvalue weighted by Crippen LogP contribution is -2.46. The maximum atomic E-state index is 13.4. The van der Waals surface area contributed by atoms with Crippen LogP contribution in [0.5, 0.6) is 0 Å². The molecule has 0 aromatic heterocycles. The van der Waals surface area contributed by atoms with Gasteiger partial charge in [0.05, 0.1) is 15.6 Å². The van der Waals surface area contributed by atoms with Crippen LogP contribution >= 0.6 is 11.6 Å². The van der Waals surface area contributed by atoms with Gasteiger partial charge in [-0.15, -0.1) is 0 Å². The summed E-state index contributed by atoms with van der Waals surface area (Å²) >= 11 is 6.31. The highest BCUT2D eigenvalue weighted by Crippen LogP contribution is 2.44. The standard InChI is InChI=1S/C22H25ClN2O3S/c1-15-6-10-18(11-7-15)29(27,28)25(21-5-3-2-4-19(21)23)14-22(26)24-20-13-16-8-9-17(20)12-16/h2-7,10-11,16-17,20H,8-9,12-14H2,1H3,(H,24,26)/t16-,17-,20-/m1/s1. The molecule has 2 bridgehead atoms. The molecule has 2 aromatic rings. The monoisotopic (exact) mass is 432 g/mol. The molecule has 3 atom stereocenters. The van der Waals surface area contributed by atoms with Crippen molar-refractivity contribution in [3.8, 4) is 0 Å². The molecule has 29 heavy (non-hydrogen) atoms. The van der Waals surface area contributed by atoms with Crippen LogP contribution in [0.2, 0.25) is 5.02 Å². The number of sulfonamides is 1. The molecule has 5 nitrogen and oxygen atoms in total. The minimum Gasteiger partial charge on any atom is -0.352 e. The van der Waals surface area contributed by atoms with Crippen LogP contribution in [0.1, 0.15) is 31.2 Å². The van der Waals surface area contributed by atoms with E-state index in [1.54, 1.807) is 48.5 Å². The van der Waals surface area contributed by atoms with Crippen LogP contribution in [0.4, 0.5) is 5.69 Å². The molecule has 2 fully saturated rings. The van der Waals surface area contributed by atoms with Crippen molar-refractivity contribution < 1.29 is 13.2 Å². The number of hydrogen-bond acceptors (Lipinski definition) is 3. The van der Waals surface area contributed by atoms with Gasteiger partial charge in [0.25, 0.3) is 10.0 Å². The summed E-state index contributed by atoms with van der Waals surface area (Å²) in [6, 6.07) is 13.5. The van der Waals surface area contributed by atoms with E-state index >= 15 is 0 Å². The van der Waals surface area contributed by atoms with Crippen LogP contribution in [0.25, 0.3) is 0 Å². The molecule has 2 aliphatic carbocycles. The Bertz CT molecular complexity index is 1010. The van der Waals surface area contributed by atoms with Gasteiger partial charge in [-0.25, -0.2) is 8.42 Å². The number of fused-ring (bicyclic) bond motifs is 2. The van der Waals surface area contributed by atoms with Gasteiger partial charge in [0, 0.05) is 6.04 Å². The molecule has 1 amide bonds. The summed E-state index contributed by atoms with van der Waals surface area (Å²) in [6.07, 6.45) is 4.55. The number of amides is 1. The molecular formula is C22H25ClN2O3S. The highest BCUT2D eigenvalue weighted by Gasteiger charge is 2.40. The van der Waals surface area contributed by atoms with Gasteiger partial charge in [0.15, 0.2) is 0 Å². The van der Waals surface area contributed by atoms with Crippen molar-refractivity contribution in [2.75, 3.05) is 10.8 Å². The van der Waals surface area contributed by atoms with Gasteiger partial charge in [-0.1, -0.05) is 47.9 Å². The first-order chi connectivity index (χ1) is 13.8. The number of benzene rings is 2. The normalized spacial score (nSPS) is 23.2. The highest BCUT2D eigenvalue weighted by atomic mass is 35.5. The molecule has 154 valence electrons. The third-order valence-electron chi connectivity index (χ3n) is 6.10. The highest BCUT2D eigenvalue weighted by molar-refractivity contribution is 7.92. The number of para-hydroxylation sites is 1. The molecule has 0 radical (unpaired) electrons. The van der Waals surface area contributed by atoms with Crippen LogP contribution < -0.4 is 9.62 Å². The average molecular weight is 433 g/mol. The van der Waals surface area contributed by atoms with Gasteiger partial charge < -0.3 is 5.32 Å². The lowest BCUT2D eigenvalue weighted by atomic mass is 9.95. The molecule has 0 spiro atoms. The van der Waals surface area contributed by atoms with E-state index in [4.69, 9.17) is 11.6 Å². The quantitative estimate of drug-likeness (QED) is 0.745. The van der Waals surface area contributed by atoms with Crippen molar-refractivity contribution in [2.45, 2.75) is 43.5 Å². The number of nitrogens with one attached hydrogen (secondary N) is 1. The molecule has 4 rings (SSSR count). The SMILES string of the molecule is Cc1ccc(S(=O)(=O)N(CC(=O)N[C@@H]2C[C@@H]3CC[C@@H]2C3)c2ccccc2Cl)cc1. The number of carbonyl (C=O) groups excluding carboxylic acids is 1. The third-order valence-corrected chi connectivity index (χ3v) is 8.20. The second-order valence-corrected chi connectivity index (χ2v) is 10.4. The topological polar surface area (TPSA) is 66.5 Å². The van der Waals surface area contributed by atoms with Crippen LogP contribution in [-0.2, 0) is 14.8 Å². The van der Waals surface area contributed by atoms with Gasteiger partial charge >= 0.3 is 0 Å². The van der Waals surface area contributed by atoms with E-state index < -0.39 is 10.0 Å². The molecule has 2 aliphatic rings. The van der Waals surface area contributed by atoms with E-state index in [2.05, 4.69) is 5.32 Å². The second kappa shape index (κ2) is 8.00. The van der Waals surface area contributed by atoms with E-state index in [1.807, 2.05) is 6.92 Å². The van der Waals surface area contributed by atoms with Crippen molar-refractivity contribution in [3.63, 3.8) is 0 Å². The predicted octanol–water partition coefficient (Wildman–Crippen LogP) is 4.15. The first kappa shape index (κ1) is 20.2. The first-order valence-corrected chi connectivity index (χ1v) is 11.8. The molecule has 0 aliphatic heterocycles. The van der Waals surface area contributed by atoms with Gasteiger partial charge in [-0.3, -0.25) is 9.10 Å². The van der Waals surface area contributed by atoms with E-state index in [-0.39, 0.29) is 28.4 Å². The Morgan fingerprint density at radius 3 is 2.45 bits per heavy atom. The zero-order valence-electron chi connectivity index (χ0n) is 16.3. The summed E-state index contributed by atoms with van der Waals surface area (Å²) in [6.45, 7) is 1.60. The molecule has 0 heterocycles. The summed E-state index contributed by atoms with van der Waals surface area (Å²) in [4.78, 5) is 13.0. The average Bonchev–Trinajstić information content (AvgIpc) is 3.30. The molecular weight excluding hydrogens is 408 g/mol. The number of nitrogens with zero attached hydrogens (tertiary/aromatic N) is 1. The Morgan fingerprint density at radius 1 is 1.10 bits per heavy atom. The molecule has 2 saturated carbocycles. The summed E-state index contributed by atoms with van der Waals surface area (Å²) in [7, 11) is -3.94. The first-order valence-electron chi connectivity index (χ1n) is 9.98. The van der Waals surface area contributed by atoms with E-state index in [9.17, 15) is 13.2 Å². The molecule has 2 aromatic carbocycles. The zero-order valence-corrected chi connectivity index (χ0v) is 17.9. The minimum atomic E-state index is -3.94. The molecule has 7 heteroatoms. The van der Waals surface area contributed by atoms with Crippen molar-refractivity contribution in [3.05, 3.63) is 59.1 Å². The van der Waals surface area contributed by atoms with Crippen LogP contribution in [0.3, 0.4) is 0 Å². The Kier molecular flexibility index (Phi) is 5.58. The number of carbonyl (C=O) groups is 1. The summed E-state index contributed by atoms with van der Waals surface area (Å²) in [5, 5.41) is 3.36. The fourth-order valence-electron chi connectivity index (χ4n) is 4.60. The van der Waals surface area contributed by atoms with Crippen LogP contribution in [0, 0.1) is 18.8 Å². The molecule has 0 saturated heterocycles. The van der Waals surface area contributed by atoms with Gasteiger partial charge in [-0.2, -0.15) is 0 Å². The maximum Gasteiger partial charge on any atom is 0.264 e. The summed E-state index contributed by atoms with van der Waals surface area (Å²) < 4.78 is 27.9. The van der Waals surface area contributed by atoms with Gasteiger partial charge in [-0.05, 0) is 62.3 Å². The Morgan fingerprint density at radius 2 is 1.83 bits per heavy atom. The summed E-state index contributed by atoms with van der Waals surface area (Å²) in [5.41, 5.74) is 1.26. The maximum absolute atomic E-state index is 13.4. The Labute approximate surface area is 177 Å². The fraction of sp³-hybridized carbons (Fsp3) is 0.409. The lowest BCUT2D eigenvalue weighted by molar-refractivity contribution is -0.120. The number of anilines is 1. The van der Waals surface area contributed by atoms with Gasteiger partial charge in [0.2, 0.25) is 5.91 Å². The van der Waals surface area contributed by atoms with E-state index in [1.165, 1.54) is 12.8 Å². The summed E-state index contributed by atoms with van der Waals surface area (Å²) in [5.74, 6) is 0.922. The zero-order chi connectivity index (χ0) is 20.6. The number of halogens is 1. The van der Waals surface area contributed by atoms with E-state index in [0.29, 0.717) is 17.5 Å². The van der Waals surface area contributed by atoms with Crippen molar-refractivity contribution in [1.82, 2.24) is 5.32 Å². The Balaban J connectivity index is 1.61. The van der Waals surface area contributed by atoms with E-state index in [0.717, 1.165) is 22.7 Å². The van der Waals surface area contributed by atoms with Crippen molar-refractivity contribution in [1.29, 1.82) is 0 Å². The number of rotatable bonds is 6. The van der Waals surface area contributed by atoms with Crippen molar-refractivity contribution >= 4 is 33.2 Å². The van der Waals surface area contributed by atoms with Crippen LogP contribution in [0.15, 0.2) is 53.4 Å². The molecule has 1 N–H and O–H groups in total. The number of aryl methyl sites for hydroxylation is 1. The third kappa shape index (κ3) is 4.14. The largest absolute Gasteiger partial charge is 0.352 e. The van der Waals surface area contributed by atoms with Crippen molar-refractivity contribution in [2.24, 2.45) is 11.8 Å². The van der Waals surface area contributed by atoms with Crippen LogP contribution in [-0.4, -0.2) is 26.9 Å². The number of hydrogen-bond donors (Lipinski definition) is 1. The Hall–Kier alpha value is -2.05. The molecule has 0 unspecified atom stereocenters. The minimum absolute atomic E-state index is 0.135. The lowest BCUT2D eigenvalue weighted by Gasteiger charge is -2.27. The second-order valence-electron chi connectivity index (χ2n) is 8.13.